The summed E-state index contributed by atoms with van der Waals surface area (Å²) in [5, 5.41) is 2.97. The highest BCUT2D eigenvalue weighted by Gasteiger charge is 2.21. The van der Waals surface area contributed by atoms with Crippen LogP contribution in [0.1, 0.15) is 18.6 Å². The van der Waals surface area contributed by atoms with Crippen molar-refractivity contribution in [1.29, 1.82) is 0 Å². The molecule has 0 radical (unpaired) electrons. The molecule has 2 aromatic rings. The number of benzene rings is 1. The number of hydrogen-bond acceptors (Lipinski definition) is 5. The van der Waals surface area contributed by atoms with Gasteiger partial charge in [0.1, 0.15) is 5.76 Å². The Kier molecular flexibility index (Phi) is 6.55. The Hall–Kier alpha value is -1.76. The number of thioether (sulfide) groups is 1. The summed E-state index contributed by atoms with van der Waals surface area (Å²) in [5.41, 5.74) is 0.817. The fraction of sp³-hybridized carbons (Fsp3) is 0.421. The van der Waals surface area contributed by atoms with E-state index in [2.05, 4.69) is 10.2 Å². The fourth-order valence-electron chi connectivity index (χ4n) is 2.96. The first-order valence-corrected chi connectivity index (χ1v) is 9.75. The largest absolute Gasteiger partial charge is 0.468 e. The number of carbonyl (C=O) groups excluding carboxylic acids is 1. The molecule has 1 aliphatic heterocycles. The number of carbonyl (C=O) groups is 1. The minimum Gasteiger partial charge on any atom is -0.468 e. The zero-order valence-corrected chi connectivity index (χ0v) is 15.3. The van der Waals surface area contributed by atoms with Crippen LogP contribution in [-0.2, 0) is 16.1 Å². The van der Waals surface area contributed by atoms with Gasteiger partial charge < -0.3 is 14.5 Å². The average Bonchev–Trinajstić information content (AvgIpc) is 3.29. The molecule has 1 amide bonds. The number of ether oxygens (including phenoxy) is 1. The van der Waals surface area contributed by atoms with Crippen molar-refractivity contribution in [2.75, 3.05) is 31.3 Å². The van der Waals surface area contributed by atoms with Crippen molar-refractivity contribution in [3.8, 4) is 0 Å². The Balaban J connectivity index is 1.57. The van der Waals surface area contributed by atoms with Gasteiger partial charge in [-0.05, 0) is 55.5 Å². The number of hydrogen-bond donors (Lipinski definition) is 1. The Labute approximate surface area is 152 Å². The fourth-order valence-corrected chi connectivity index (χ4v) is 3.37. The molecule has 1 N–H and O–H groups in total. The maximum absolute atomic E-state index is 12.5. The first kappa shape index (κ1) is 18.0. The molecular formula is C19H24N2O3S. The first-order chi connectivity index (χ1) is 12.2. The summed E-state index contributed by atoms with van der Waals surface area (Å²) in [7, 11) is 0. The Morgan fingerprint density at radius 3 is 2.80 bits per heavy atom. The maximum atomic E-state index is 12.5. The van der Waals surface area contributed by atoms with E-state index in [0.29, 0.717) is 13.1 Å². The van der Waals surface area contributed by atoms with E-state index in [1.165, 1.54) is 4.90 Å². The van der Waals surface area contributed by atoms with Crippen molar-refractivity contribution in [1.82, 2.24) is 4.90 Å². The van der Waals surface area contributed by atoms with Crippen LogP contribution in [0.2, 0.25) is 0 Å². The molecule has 1 fully saturated rings. The van der Waals surface area contributed by atoms with Crippen molar-refractivity contribution >= 4 is 23.4 Å². The lowest BCUT2D eigenvalue weighted by Crippen LogP contribution is -2.37. The van der Waals surface area contributed by atoms with Crippen LogP contribution < -0.4 is 5.32 Å². The predicted molar refractivity (Wildman–Crippen MR) is 99.8 cm³/mol. The van der Waals surface area contributed by atoms with Crippen molar-refractivity contribution in [2.45, 2.75) is 30.4 Å². The van der Waals surface area contributed by atoms with Crippen LogP contribution in [0.25, 0.3) is 0 Å². The highest BCUT2D eigenvalue weighted by atomic mass is 32.2. The monoisotopic (exact) mass is 360 g/mol. The topological polar surface area (TPSA) is 54.7 Å². The van der Waals surface area contributed by atoms with Crippen LogP contribution >= 0.6 is 11.8 Å². The lowest BCUT2D eigenvalue weighted by atomic mass is 10.2. The van der Waals surface area contributed by atoms with Crippen molar-refractivity contribution in [3.05, 3.63) is 48.4 Å². The lowest BCUT2D eigenvalue weighted by molar-refractivity contribution is -0.117. The minimum absolute atomic E-state index is 0.0264. The molecule has 0 aliphatic carbocycles. The van der Waals surface area contributed by atoms with E-state index in [1.807, 2.05) is 42.7 Å². The number of anilines is 1. The van der Waals surface area contributed by atoms with Crippen LogP contribution in [0, 0.1) is 0 Å². The third-order valence-corrected chi connectivity index (χ3v) is 4.93. The molecule has 25 heavy (non-hydrogen) atoms. The molecule has 1 aromatic carbocycles. The van der Waals surface area contributed by atoms with Crippen molar-refractivity contribution in [2.24, 2.45) is 0 Å². The molecule has 2 heterocycles. The van der Waals surface area contributed by atoms with Crippen molar-refractivity contribution in [3.63, 3.8) is 0 Å². The van der Waals surface area contributed by atoms with Crippen LogP contribution in [0.15, 0.2) is 52.0 Å². The van der Waals surface area contributed by atoms with E-state index in [-0.39, 0.29) is 12.0 Å². The lowest BCUT2D eigenvalue weighted by Gasteiger charge is -2.23. The molecule has 0 saturated carbocycles. The van der Waals surface area contributed by atoms with E-state index >= 15 is 0 Å². The normalized spacial score (nSPS) is 17.1. The first-order valence-electron chi connectivity index (χ1n) is 8.53. The van der Waals surface area contributed by atoms with Crippen LogP contribution in [0.3, 0.4) is 0 Å². The average molecular weight is 360 g/mol. The van der Waals surface area contributed by atoms with E-state index in [4.69, 9.17) is 9.15 Å². The standard InChI is InChI=1S/C19H24N2O3S/c1-25-18-8-6-15(7-9-18)20-19(22)14-21(12-16-4-2-10-23-16)13-17-5-3-11-24-17/h2,4,6-10,17H,3,5,11-14H2,1H3,(H,20,22). The summed E-state index contributed by atoms with van der Waals surface area (Å²) >= 11 is 1.68. The van der Waals surface area contributed by atoms with Crippen LogP contribution in [0.4, 0.5) is 5.69 Å². The van der Waals surface area contributed by atoms with E-state index in [1.54, 1.807) is 18.0 Å². The van der Waals surface area contributed by atoms with Gasteiger partial charge in [-0.15, -0.1) is 11.8 Å². The van der Waals surface area contributed by atoms with Gasteiger partial charge in [0.2, 0.25) is 5.91 Å². The summed E-state index contributed by atoms with van der Waals surface area (Å²) in [6.07, 6.45) is 6.03. The zero-order valence-electron chi connectivity index (χ0n) is 14.4. The van der Waals surface area contributed by atoms with Crippen molar-refractivity contribution < 1.29 is 13.9 Å². The van der Waals surface area contributed by atoms with E-state index < -0.39 is 0 Å². The third-order valence-electron chi connectivity index (χ3n) is 4.19. The molecule has 3 rings (SSSR count). The summed E-state index contributed by atoms with van der Waals surface area (Å²) in [5.74, 6) is 0.830. The molecule has 0 spiro atoms. The molecule has 1 aromatic heterocycles. The van der Waals surface area contributed by atoms with Gasteiger partial charge in [0.25, 0.3) is 0 Å². The number of amides is 1. The molecule has 1 aliphatic rings. The van der Waals surface area contributed by atoms with Gasteiger partial charge in [-0.1, -0.05) is 0 Å². The second-order valence-electron chi connectivity index (χ2n) is 6.16. The number of furan rings is 1. The maximum Gasteiger partial charge on any atom is 0.238 e. The zero-order chi connectivity index (χ0) is 17.5. The summed E-state index contributed by atoms with van der Waals surface area (Å²) in [6.45, 7) is 2.46. The molecule has 0 bridgehead atoms. The van der Waals surface area contributed by atoms with Crippen LogP contribution in [-0.4, -0.2) is 42.9 Å². The van der Waals surface area contributed by atoms with Gasteiger partial charge >= 0.3 is 0 Å². The summed E-state index contributed by atoms with van der Waals surface area (Å²) in [4.78, 5) is 15.7. The van der Waals surface area contributed by atoms with Gasteiger partial charge in [0.05, 0.1) is 25.5 Å². The summed E-state index contributed by atoms with van der Waals surface area (Å²) < 4.78 is 11.2. The number of nitrogens with one attached hydrogen (secondary N) is 1. The quantitative estimate of drug-likeness (QED) is 0.729. The van der Waals surface area contributed by atoms with Gasteiger partial charge in [0, 0.05) is 23.7 Å². The Morgan fingerprint density at radius 1 is 1.32 bits per heavy atom. The van der Waals surface area contributed by atoms with Gasteiger partial charge in [-0.3, -0.25) is 9.69 Å². The van der Waals surface area contributed by atoms with Crippen LogP contribution in [0.5, 0.6) is 0 Å². The second kappa shape index (κ2) is 9.08. The van der Waals surface area contributed by atoms with Gasteiger partial charge in [-0.25, -0.2) is 0 Å². The SMILES string of the molecule is CSc1ccc(NC(=O)CN(Cc2ccco2)CC2CCCO2)cc1. The summed E-state index contributed by atoms with van der Waals surface area (Å²) in [6, 6.07) is 11.7. The molecular weight excluding hydrogens is 336 g/mol. The molecule has 5 nitrogen and oxygen atoms in total. The van der Waals surface area contributed by atoms with E-state index in [0.717, 1.165) is 37.4 Å². The molecule has 1 atom stereocenters. The van der Waals surface area contributed by atoms with Gasteiger partial charge in [-0.2, -0.15) is 0 Å². The third kappa shape index (κ3) is 5.63. The number of rotatable bonds is 8. The van der Waals surface area contributed by atoms with E-state index in [9.17, 15) is 4.79 Å². The molecule has 1 saturated heterocycles. The highest BCUT2D eigenvalue weighted by Crippen LogP contribution is 2.18. The highest BCUT2D eigenvalue weighted by molar-refractivity contribution is 7.98. The number of nitrogens with zero attached hydrogens (tertiary/aromatic N) is 1. The predicted octanol–water partition coefficient (Wildman–Crippen LogP) is 3.62. The second-order valence-corrected chi connectivity index (χ2v) is 7.04. The molecule has 6 heteroatoms. The molecule has 1 unspecified atom stereocenters. The molecule has 134 valence electrons. The minimum atomic E-state index is -0.0264. The Bertz CT molecular complexity index is 652. The Morgan fingerprint density at radius 2 is 2.16 bits per heavy atom. The van der Waals surface area contributed by atoms with Gasteiger partial charge in [0.15, 0.2) is 0 Å². The smallest absolute Gasteiger partial charge is 0.238 e.